The molecule has 0 bridgehead atoms. The van der Waals surface area contributed by atoms with E-state index in [9.17, 15) is 4.79 Å². The first-order valence-corrected chi connectivity index (χ1v) is 9.90. The van der Waals surface area contributed by atoms with Gasteiger partial charge in [-0.3, -0.25) is 4.99 Å². The van der Waals surface area contributed by atoms with Gasteiger partial charge in [0.25, 0.3) is 0 Å². The highest BCUT2D eigenvalue weighted by Crippen LogP contribution is 2.22. The van der Waals surface area contributed by atoms with Crippen LogP contribution in [0.1, 0.15) is 50.3 Å². The minimum atomic E-state index is -0.476. The SMILES string of the molecule is CN=C(NCc1ccc2c(c1)CCC2)N1CCC(NC(=O)OC(C)(C)C)C1.I. The normalized spacial score (nSPS) is 19.1. The van der Waals surface area contributed by atoms with Gasteiger partial charge < -0.3 is 20.3 Å². The van der Waals surface area contributed by atoms with Crippen LogP contribution in [0.5, 0.6) is 0 Å². The number of carbonyl (C=O) groups excluding carboxylic acids is 1. The Kier molecular flexibility index (Phi) is 7.97. The van der Waals surface area contributed by atoms with E-state index in [0.29, 0.717) is 0 Å². The standard InChI is InChI=1S/C21H32N4O2.HI/c1-21(2,3)27-20(26)24-18-10-11-25(14-18)19(22-4)23-13-15-8-9-16-6-5-7-17(16)12-15;/h8-9,12,18H,5-7,10-11,13-14H2,1-4H3,(H,22,23)(H,24,26);1H. The van der Waals surface area contributed by atoms with Gasteiger partial charge in [0.2, 0.25) is 0 Å². The number of aliphatic imine (C=N–C) groups is 1. The first-order chi connectivity index (χ1) is 12.8. The van der Waals surface area contributed by atoms with Crippen LogP contribution < -0.4 is 10.6 Å². The summed E-state index contributed by atoms with van der Waals surface area (Å²) in [7, 11) is 1.81. The van der Waals surface area contributed by atoms with Crippen LogP contribution in [0, 0.1) is 0 Å². The van der Waals surface area contributed by atoms with E-state index in [4.69, 9.17) is 4.74 Å². The lowest BCUT2D eigenvalue weighted by atomic mass is 10.1. The number of nitrogens with zero attached hydrogens (tertiary/aromatic N) is 2. The Balaban J connectivity index is 0.00000280. The molecular weight excluding hydrogens is 467 g/mol. The van der Waals surface area contributed by atoms with Crippen molar-refractivity contribution in [3.8, 4) is 0 Å². The summed E-state index contributed by atoms with van der Waals surface area (Å²) >= 11 is 0. The van der Waals surface area contributed by atoms with Gasteiger partial charge in [-0.25, -0.2) is 4.79 Å². The van der Waals surface area contributed by atoms with E-state index >= 15 is 0 Å². The van der Waals surface area contributed by atoms with Crippen molar-refractivity contribution >= 4 is 36.0 Å². The second-order valence-electron chi connectivity index (χ2n) is 8.44. The maximum atomic E-state index is 12.0. The Morgan fingerprint density at radius 2 is 2.04 bits per heavy atom. The zero-order chi connectivity index (χ0) is 19.4. The summed E-state index contributed by atoms with van der Waals surface area (Å²) < 4.78 is 5.35. The quantitative estimate of drug-likeness (QED) is 0.379. The van der Waals surface area contributed by atoms with Crippen molar-refractivity contribution in [2.45, 2.75) is 64.6 Å². The highest BCUT2D eigenvalue weighted by molar-refractivity contribution is 14.0. The molecule has 7 heteroatoms. The molecule has 1 atom stereocenters. The molecule has 0 radical (unpaired) electrons. The fourth-order valence-electron chi connectivity index (χ4n) is 3.79. The summed E-state index contributed by atoms with van der Waals surface area (Å²) in [6.07, 6.45) is 4.22. The second-order valence-corrected chi connectivity index (χ2v) is 8.44. The van der Waals surface area contributed by atoms with Gasteiger partial charge in [-0.15, -0.1) is 24.0 Å². The molecule has 1 aromatic rings. The van der Waals surface area contributed by atoms with Gasteiger partial charge in [0.05, 0.1) is 6.04 Å². The lowest BCUT2D eigenvalue weighted by Crippen LogP contribution is -2.44. The Labute approximate surface area is 185 Å². The fraction of sp³-hybridized carbons (Fsp3) is 0.619. The summed E-state index contributed by atoms with van der Waals surface area (Å²) in [6, 6.07) is 6.87. The number of likely N-dealkylation sites (tertiary alicyclic amines) is 1. The zero-order valence-electron chi connectivity index (χ0n) is 17.4. The topological polar surface area (TPSA) is 66.0 Å². The number of nitrogens with one attached hydrogen (secondary N) is 2. The van der Waals surface area contributed by atoms with E-state index in [2.05, 4.69) is 38.7 Å². The van der Waals surface area contributed by atoms with E-state index in [1.165, 1.54) is 36.0 Å². The molecule has 0 saturated carbocycles. The third-order valence-corrected chi connectivity index (χ3v) is 5.03. The van der Waals surface area contributed by atoms with Crippen molar-refractivity contribution in [3.63, 3.8) is 0 Å². The Morgan fingerprint density at radius 1 is 1.29 bits per heavy atom. The molecule has 2 aliphatic rings. The second kappa shape index (κ2) is 9.80. The number of carbonyl (C=O) groups is 1. The highest BCUT2D eigenvalue weighted by Gasteiger charge is 2.27. The van der Waals surface area contributed by atoms with Crippen molar-refractivity contribution in [3.05, 3.63) is 34.9 Å². The van der Waals surface area contributed by atoms with Crippen LogP contribution in [-0.4, -0.2) is 48.7 Å². The molecule has 1 aliphatic carbocycles. The molecule has 1 unspecified atom stereocenters. The predicted molar refractivity (Wildman–Crippen MR) is 123 cm³/mol. The minimum absolute atomic E-state index is 0. The van der Waals surface area contributed by atoms with E-state index < -0.39 is 5.60 Å². The molecule has 1 amide bonds. The zero-order valence-corrected chi connectivity index (χ0v) is 19.7. The molecule has 3 rings (SSSR count). The van der Waals surface area contributed by atoms with Gasteiger partial charge in [0.15, 0.2) is 5.96 Å². The van der Waals surface area contributed by atoms with Gasteiger partial charge in [-0.05, 0) is 63.1 Å². The van der Waals surface area contributed by atoms with Gasteiger partial charge in [-0.1, -0.05) is 18.2 Å². The average Bonchev–Trinajstić information content (AvgIpc) is 3.22. The molecule has 1 fully saturated rings. The van der Waals surface area contributed by atoms with Gasteiger partial charge in [-0.2, -0.15) is 0 Å². The number of hydrogen-bond acceptors (Lipinski definition) is 3. The molecule has 1 saturated heterocycles. The van der Waals surface area contributed by atoms with E-state index in [0.717, 1.165) is 32.0 Å². The fourth-order valence-corrected chi connectivity index (χ4v) is 3.79. The lowest BCUT2D eigenvalue weighted by molar-refractivity contribution is 0.0507. The first kappa shape index (κ1) is 22.8. The molecule has 1 aliphatic heterocycles. The number of hydrogen-bond donors (Lipinski definition) is 2. The molecule has 2 N–H and O–H groups in total. The Bertz CT molecular complexity index is 715. The van der Waals surface area contributed by atoms with Gasteiger partial charge in [0, 0.05) is 26.7 Å². The molecule has 1 heterocycles. The van der Waals surface area contributed by atoms with E-state index in [1.807, 2.05) is 20.8 Å². The number of amides is 1. The number of aryl methyl sites for hydroxylation is 2. The Morgan fingerprint density at radius 3 is 2.75 bits per heavy atom. The Hall–Kier alpha value is -1.51. The molecule has 156 valence electrons. The summed E-state index contributed by atoms with van der Waals surface area (Å²) in [5.74, 6) is 0.879. The number of ether oxygens (including phenoxy) is 1. The number of guanidine groups is 1. The predicted octanol–water partition coefficient (Wildman–Crippen LogP) is 3.47. The van der Waals surface area contributed by atoms with Crippen LogP contribution >= 0.6 is 24.0 Å². The van der Waals surface area contributed by atoms with Crippen molar-refractivity contribution in [1.29, 1.82) is 0 Å². The maximum Gasteiger partial charge on any atom is 0.407 e. The van der Waals surface area contributed by atoms with Gasteiger partial charge in [0.1, 0.15) is 5.60 Å². The number of rotatable bonds is 3. The number of fused-ring (bicyclic) bond motifs is 1. The van der Waals surface area contributed by atoms with Crippen molar-refractivity contribution in [2.24, 2.45) is 4.99 Å². The first-order valence-electron chi connectivity index (χ1n) is 9.90. The van der Waals surface area contributed by atoms with Crippen LogP contribution in [0.3, 0.4) is 0 Å². The van der Waals surface area contributed by atoms with Crippen LogP contribution in [0.15, 0.2) is 23.2 Å². The molecule has 0 aromatic heterocycles. The van der Waals surface area contributed by atoms with Crippen LogP contribution in [-0.2, 0) is 24.1 Å². The molecule has 0 spiro atoms. The van der Waals surface area contributed by atoms with Gasteiger partial charge >= 0.3 is 6.09 Å². The largest absolute Gasteiger partial charge is 0.444 e. The van der Waals surface area contributed by atoms with Crippen LogP contribution in [0.4, 0.5) is 4.79 Å². The van der Waals surface area contributed by atoms with E-state index in [-0.39, 0.29) is 36.1 Å². The molecule has 1 aromatic carbocycles. The smallest absolute Gasteiger partial charge is 0.407 e. The summed E-state index contributed by atoms with van der Waals surface area (Å²) in [4.78, 5) is 18.6. The third-order valence-electron chi connectivity index (χ3n) is 5.03. The summed E-state index contributed by atoms with van der Waals surface area (Å²) in [6.45, 7) is 7.99. The van der Waals surface area contributed by atoms with Crippen LogP contribution in [0.2, 0.25) is 0 Å². The van der Waals surface area contributed by atoms with E-state index in [1.54, 1.807) is 7.05 Å². The number of benzene rings is 1. The summed E-state index contributed by atoms with van der Waals surface area (Å²) in [5, 5.41) is 6.42. The van der Waals surface area contributed by atoms with Crippen LogP contribution in [0.25, 0.3) is 0 Å². The van der Waals surface area contributed by atoms with Crippen molar-refractivity contribution in [1.82, 2.24) is 15.5 Å². The number of halogens is 1. The molecule has 28 heavy (non-hydrogen) atoms. The third kappa shape index (κ3) is 6.25. The maximum absolute atomic E-state index is 12.0. The lowest BCUT2D eigenvalue weighted by Gasteiger charge is -2.23. The molecular formula is C21H33IN4O2. The molecule has 6 nitrogen and oxygen atoms in total. The summed E-state index contributed by atoms with van der Waals surface area (Å²) in [5.41, 5.74) is 3.81. The monoisotopic (exact) mass is 500 g/mol. The average molecular weight is 500 g/mol. The number of alkyl carbamates (subject to hydrolysis) is 1. The van der Waals surface area contributed by atoms with Crippen molar-refractivity contribution in [2.75, 3.05) is 20.1 Å². The van der Waals surface area contributed by atoms with Crippen molar-refractivity contribution < 1.29 is 9.53 Å². The highest BCUT2D eigenvalue weighted by atomic mass is 127. The minimum Gasteiger partial charge on any atom is -0.444 e.